The second-order valence-corrected chi connectivity index (χ2v) is 8.04. The fourth-order valence-electron chi connectivity index (χ4n) is 4.44. The molecule has 0 aromatic heterocycles. The maximum absolute atomic E-state index is 11.5. The van der Waals surface area contributed by atoms with Crippen molar-refractivity contribution >= 4 is 41.5 Å². The molecule has 2 unspecified atom stereocenters. The van der Waals surface area contributed by atoms with Gasteiger partial charge in [0.05, 0.1) is 12.8 Å². The van der Waals surface area contributed by atoms with Gasteiger partial charge < -0.3 is 20.3 Å². The number of nitrogens with one attached hydrogen (secondary N) is 2. The first kappa shape index (κ1) is 26.0. The summed E-state index contributed by atoms with van der Waals surface area (Å²) in [5.74, 6) is 2.65. The molecule has 1 heterocycles. The van der Waals surface area contributed by atoms with Crippen LogP contribution in [0.1, 0.15) is 43.7 Å². The van der Waals surface area contributed by atoms with Gasteiger partial charge in [-0.1, -0.05) is 49.7 Å². The molecule has 0 bridgehead atoms. The molecule has 174 valence electrons. The largest absolute Gasteiger partial charge is 0.495 e. The van der Waals surface area contributed by atoms with Gasteiger partial charge >= 0.3 is 0 Å². The lowest BCUT2D eigenvalue weighted by Crippen LogP contribution is -2.48. The summed E-state index contributed by atoms with van der Waals surface area (Å²) in [5, 5.41) is 6.33. The molecule has 1 aliphatic rings. The summed E-state index contributed by atoms with van der Waals surface area (Å²) < 4.78 is 5.35. The van der Waals surface area contributed by atoms with Gasteiger partial charge in [0.1, 0.15) is 5.75 Å². The first-order valence-electron chi connectivity index (χ1n) is 11.0. The molecule has 3 rings (SSSR count). The van der Waals surface area contributed by atoms with Gasteiger partial charge in [-0.2, -0.15) is 0 Å². The summed E-state index contributed by atoms with van der Waals surface area (Å²) >= 11 is 0. The summed E-state index contributed by atoms with van der Waals surface area (Å²) in [6.45, 7) is 6.38. The minimum absolute atomic E-state index is 0. The number of methoxy groups -OCH3 is 1. The molecule has 2 aromatic rings. The van der Waals surface area contributed by atoms with Crippen molar-refractivity contribution in [1.29, 1.82) is 0 Å². The number of carbonyl (C=O) groups excluding carboxylic acids is 1. The highest BCUT2D eigenvalue weighted by Crippen LogP contribution is 2.35. The zero-order chi connectivity index (χ0) is 22.2. The number of anilines is 1. The predicted molar refractivity (Wildman–Crippen MR) is 142 cm³/mol. The van der Waals surface area contributed by atoms with Gasteiger partial charge in [-0.15, -0.1) is 24.0 Å². The molecule has 0 spiro atoms. The third-order valence-electron chi connectivity index (χ3n) is 6.02. The third kappa shape index (κ3) is 6.60. The highest BCUT2D eigenvalue weighted by atomic mass is 127. The van der Waals surface area contributed by atoms with Gasteiger partial charge in [0.2, 0.25) is 5.91 Å². The Morgan fingerprint density at radius 2 is 1.97 bits per heavy atom. The maximum atomic E-state index is 11.5. The fourth-order valence-corrected chi connectivity index (χ4v) is 4.44. The second kappa shape index (κ2) is 12.7. The average molecular weight is 550 g/mol. The minimum atomic E-state index is -0.119. The summed E-state index contributed by atoms with van der Waals surface area (Å²) in [5.41, 5.74) is 3.18. The van der Waals surface area contributed by atoms with E-state index < -0.39 is 0 Å². The summed E-state index contributed by atoms with van der Waals surface area (Å²) in [7, 11) is 3.44. The van der Waals surface area contributed by atoms with E-state index in [0.717, 1.165) is 37.5 Å². The molecule has 2 aromatic carbocycles. The molecule has 0 aliphatic carbocycles. The van der Waals surface area contributed by atoms with Gasteiger partial charge in [0.25, 0.3) is 0 Å². The van der Waals surface area contributed by atoms with E-state index in [2.05, 4.69) is 57.8 Å². The molecule has 0 saturated carbocycles. The lowest BCUT2D eigenvalue weighted by molar-refractivity contribution is -0.114. The SMILES string of the molecule is CCC1CN(C(=NC)NCc2ccc(OC)c(NC(C)=O)c2)CCC1c1ccccc1.I. The zero-order valence-corrected chi connectivity index (χ0v) is 21.8. The predicted octanol–water partition coefficient (Wildman–Crippen LogP) is 4.86. The summed E-state index contributed by atoms with van der Waals surface area (Å²) in [6, 6.07) is 16.7. The molecule has 7 heteroatoms. The molecule has 32 heavy (non-hydrogen) atoms. The van der Waals surface area contributed by atoms with Crippen LogP contribution >= 0.6 is 24.0 Å². The van der Waals surface area contributed by atoms with E-state index in [4.69, 9.17) is 4.74 Å². The van der Waals surface area contributed by atoms with Crippen LogP contribution in [0.15, 0.2) is 53.5 Å². The lowest BCUT2D eigenvalue weighted by Gasteiger charge is -2.40. The smallest absolute Gasteiger partial charge is 0.221 e. The molecule has 2 N–H and O–H groups in total. The Morgan fingerprint density at radius 3 is 2.59 bits per heavy atom. The Hall–Kier alpha value is -2.29. The minimum Gasteiger partial charge on any atom is -0.495 e. The van der Waals surface area contributed by atoms with E-state index in [0.29, 0.717) is 29.8 Å². The van der Waals surface area contributed by atoms with Gasteiger partial charge in [0.15, 0.2) is 5.96 Å². The summed E-state index contributed by atoms with van der Waals surface area (Å²) in [4.78, 5) is 18.4. The highest BCUT2D eigenvalue weighted by Gasteiger charge is 2.30. The Balaban J connectivity index is 0.00000363. The number of nitrogens with zero attached hydrogens (tertiary/aromatic N) is 2. The molecular formula is C25H35IN4O2. The van der Waals surface area contributed by atoms with Crippen molar-refractivity contribution in [3.05, 3.63) is 59.7 Å². The average Bonchev–Trinajstić information content (AvgIpc) is 2.79. The monoisotopic (exact) mass is 550 g/mol. The van der Waals surface area contributed by atoms with Gasteiger partial charge in [-0.25, -0.2) is 0 Å². The zero-order valence-electron chi connectivity index (χ0n) is 19.4. The first-order valence-corrected chi connectivity index (χ1v) is 11.0. The van der Waals surface area contributed by atoms with Crippen LogP contribution in [-0.2, 0) is 11.3 Å². The Kier molecular flexibility index (Phi) is 10.3. The van der Waals surface area contributed by atoms with Crippen LogP contribution in [0.3, 0.4) is 0 Å². The standard InChI is InChI=1S/C25H34N4O2.HI/c1-5-20-17-29(14-13-22(20)21-9-7-6-8-10-21)25(26-3)27-16-19-11-12-24(31-4)23(15-19)28-18(2)30;/h6-12,15,20,22H,5,13-14,16-17H2,1-4H3,(H,26,27)(H,28,30);1H. The van der Waals surface area contributed by atoms with Gasteiger partial charge in [-0.05, 0) is 41.5 Å². The number of halogens is 1. The van der Waals surface area contributed by atoms with Crippen LogP contribution in [0.5, 0.6) is 5.75 Å². The molecule has 6 nitrogen and oxygen atoms in total. The number of amides is 1. The first-order chi connectivity index (χ1) is 15.0. The number of aliphatic imine (C=N–C) groups is 1. The number of ether oxygens (including phenoxy) is 1. The number of rotatable bonds is 6. The third-order valence-corrected chi connectivity index (χ3v) is 6.02. The van der Waals surface area contributed by atoms with E-state index >= 15 is 0 Å². The van der Waals surface area contributed by atoms with E-state index in [1.54, 1.807) is 7.11 Å². The van der Waals surface area contributed by atoms with E-state index in [9.17, 15) is 4.79 Å². The van der Waals surface area contributed by atoms with Crippen LogP contribution in [0.25, 0.3) is 0 Å². The van der Waals surface area contributed by atoms with Crippen molar-refractivity contribution in [3.8, 4) is 5.75 Å². The number of benzene rings is 2. The molecule has 1 amide bonds. The van der Waals surface area contributed by atoms with Crippen molar-refractivity contribution in [2.75, 3.05) is 32.6 Å². The number of carbonyl (C=O) groups is 1. The van der Waals surface area contributed by atoms with Crippen molar-refractivity contribution < 1.29 is 9.53 Å². The van der Waals surface area contributed by atoms with Crippen molar-refractivity contribution in [1.82, 2.24) is 10.2 Å². The van der Waals surface area contributed by atoms with Crippen LogP contribution in [0.2, 0.25) is 0 Å². The highest BCUT2D eigenvalue weighted by molar-refractivity contribution is 14.0. The number of hydrogen-bond acceptors (Lipinski definition) is 3. The van der Waals surface area contributed by atoms with E-state index in [1.807, 2.05) is 25.2 Å². The number of likely N-dealkylation sites (tertiary alicyclic amines) is 1. The molecule has 1 fully saturated rings. The van der Waals surface area contributed by atoms with Crippen molar-refractivity contribution in [3.63, 3.8) is 0 Å². The lowest BCUT2D eigenvalue weighted by atomic mass is 9.79. The Bertz CT molecular complexity index is 904. The van der Waals surface area contributed by atoms with Crippen LogP contribution in [0.4, 0.5) is 5.69 Å². The quantitative estimate of drug-likeness (QED) is 0.306. The molecular weight excluding hydrogens is 515 g/mol. The molecule has 0 radical (unpaired) electrons. The topological polar surface area (TPSA) is 66.0 Å². The van der Waals surface area contributed by atoms with Crippen LogP contribution in [0, 0.1) is 5.92 Å². The maximum Gasteiger partial charge on any atom is 0.221 e. The molecule has 2 atom stereocenters. The van der Waals surface area contributed by atoms with Crippen molar-refractivity contribution in [2.24, 2.45) is 10.9 Å². The number of guanidine groups is 1. The van der Waals surface area contributed by atoms with Gasteiger partial charge in [-0.3, -0.25) is 9.79 Å². The summed E-state index contributed by atoms with van der Waals surface area (Å²) in [6.07, 6.45) is 2.27. The molecule has 1 aliphatic heterocycles. The Labute approximate surface area is 208 Å². The Morgan fingerprint density at radius 1 is 1.22 bits per heavy atom. The number of piperidine rings is 1. The molecule has 1 saturated heterocycles. The second-order valence-electron chi connectivity index (χ2n) is 8.04. The van der Waals surface area contributed by atoms with Crippen LogP contribution < -0.4 is 15.4 Å². The normalized spacial score (nSPS) is 18.5. The number of hydrogen-bond donors (Lipinski definition) is 2. The van der Waals surface area contributed by atoms with E-state index in [-0.39, 0.29) is 29.9 Å². The van der Waals surface area contributed by atoms with Gasteiger partial charge in [0, 0.05) is 33.6 Å². The van der Waals surface area contributed by atoms with E-state index in [1.165, 1.54) is 12.5 Å². The fraction of sp³-hybridized carbons (Fsp3) is 0.440. The van der Waals surface area contributed by atoms with Crippen molar-refractivity contribution in [2.45, 2.75) is 39.2 Å². The van der Waals surface area contributed by atoms with Crippen LogP contribution in [-0.4, -0.2) is 44.0 Å².